The van der Waals surface area contributed by atoms with E-state index in [1.807, 2.05) is 25.1 Å². The van der Waals surface area contributed by atoms with E-state index in [0.29, 0.717) is 19.6 Å². The van der Waals surface area contributed by atoms with Gasteiger partial charge < -0.3 is 20.3 Å². The third kappa shape index (κ3) is 3.45. The standard InChI is InChI=1S/C14H19NO4/c1-9-4-5-10-12(7-9)19-8-11(14(10)18)15-6-2-3-13(16)17/h4-5,7,11,14-15,18H,2-3,6,8H2,1H3,(H,16,17)/t11-,14+/m0/s1. The monoisotopic (exact) mass is 265 g/mol. The van der Waals surface area contributed by atoms with Gasteiger partial charge in [-0.2, -0.15) is 0 Å². The number of hydrogen-bond donors (Lipinski definition) is 3. The fourth-order valence-corrected chi connectivity index (χ4v) is 2.20. The van der Waals surface area contributed by atoms with Gasteiger partial charge in [-0.1, -0.05) is 12.1 Å². The quantitative estimate of drug-likeness (QED) is 0.698. The van der Waals surface area contributed by atoms with E-state index in [2.05, 4.69) is 5.32 Å². The van der Waals surface area contributed by atoms with E-state index in [4.69, 9.17) is 9.84 Å². The molecule has 0 saturated heterocycles. The maximum absolute atomic E-state index is 10.4. The van der Waals surface area contributed by atoms with E-state index in [1.165, 1.54) is 0 Å². The lowest BCUT2D eigenvalue weighted by Gasteiger charge is -2.31. The Balaban J connectivity index is 1.92. The number of carbonyl (C=O) groups is 1. The van der Waals surface area contributed by atoms with Crippen molar-refractivity contribution in [3.8, 4) is 5.75 Å². The molecule has 1 aliphatic rings. The molecule has 2 atom stereocenters. The normalized spacial score (nSPS) is 21.6. The Morgan fingerprint density at radius 1 is 1.53 bits per heavy atom. The van der Waals surface area contributed by atoms with Crippen molar-refractivity contribution in [1.29, 1.82) is 0 Å². The van der Waals surface area contributed by atoms with Gasteiger partial charge >= 0.3 is 5.97 Å². The Morgan fingerprint density at radius 2 is 2.32 bits per heavy atom. The van der Waals surface area contributed by atoms with Crippen molar-refractivity contribution in [2.45, 2.75) is 31.9 Å². The summed E-state index contributed by atoms with van der Waals surface area (Å²) in [5.74, 6) is -0.0702. The number of carboxylic acids is 1. The van der Waals surface area contributed by atoms with Gasteiger partial charge in [-0.05, 0) is 31.5 Å². The molecule has 1 aromatic carbocycles. The molecule has 0 fully saturated rings. The Labute approximate surface area is 112 Å². The predicted molar refractivity (Wildman–Crippen MR) is 70.3 cm³/mol. The number of rotatable bonds is 5. The minimum Gasteiger partial charge on any atom is -0.491 e. The van der Waals surface area contributed by atoms with Crippen LogP contribution in [-0.4, -0.2) is 35.4 Å². The van der Waals surface area contributed by atoms with Crippen LogP contribution in [0.25, 0.3) is 0 Å². The number of aliphatic hydroxyl groups is 1. The number of aliphatic carboxylic acids is 1. The van der Waals surface area contributed by atoms with Crippen LogP contribution in [0.3, 0.4) is 0 Å². The number of nitrogens with one attached hydrogen (secondary N) is 1. The minimum absolute atomic E-state index is 0.131. The molecule has 1 aromatic rings. The average Bonchev–Trinajstić information content (AvgIpc) is 2.36. The highest BCUT2D eigenvalue weighted by atomic mass is 16.5. The summed E-state index contributed by atoms with van der Waals surface area (Å²) in [6.07, 6.45) is 0.0559. The average molecular weight is 265 g/mol. The molecule has 1 heterocycles. The van der Waals surface area contributed by atoms with Gasteiger partial charge in [0.2, 0.25) is 0 Å². The van der Waals surface area contributed by atoms with E-state index in [-0.39, 0.29) is 12.5 Å². The summed E-state index contributed by atoms with van der Waals surface area (Å²) < 4.78 is 5.63. The highest BCUT2D eigenvalue weighted by Gasteiger charge is 2.28. The number of ether oxygens (including phenoxy) is 1. The first-order valence-corrected chi connectivity index (χ1v) is 6.44. The van der Waals surface area contributed by atoms with Gasteiger partial charge in [0.05, 0.1) is 6.04 Å². The summed E-state index contributed by atoms with van der Waals surface area (Å²) >= 11 is 0. The van der Waals surface area contributed by atoms with Crippen LogP contribution in [0, 0.1) is 6.92 Å². The Hall–Kier alpha value is -1.59. The van der Waals surface area contributed by atoms with Gasteiger partial charge in [-0.25, -0.2) is 0 Å². The van der Waals surface area contributed by atoms with Gasteiger partial charge in [0.1, 0.15) is 18.5 Å². The zero-order valence-corrected chi connectivity index (χ0v) is 10.9. The molecule has 0 radical (unpaired) electrons. The van der Waals surface area contributed by atoms with Gasteiger partial charge in [0.25, 0.3) is 0 Å². The number of aryl methyl sites for hydroxylation is 1. The van der Waals surface area contributed by atoms with Crippen LogP contribution in [0.5, 0.6) is 5.75 Å². The molecule has 2 rings (SSSR count). The van der Waals surface area contributed by atoms with Crippen LogP contribution in [0.4, 0.5) is 0 Å². The Kier molecular flexibility index (Phi) is 4.39. The molecular weight excluding hydrogens is 246 g/mol. The second-order valence-corrected chi connectivity index (χ2v) is 4.86. The maximum Gasteiger partial charge on any atom is 0.303 e. The zero-order valence-electron chi connectivity index (χ0n) is 10.9. The van der Waals surface area contributed by atoms with Crippen LogP contribution >= 0.6 is 0 Å². The van der Waals surface area contributed by atoms with Crippen molar-refractivity contribution < 1.29 is 19.7 Å². The van der Waals surface area contributed by atoms with E-state index < -0.39 is 12.1 Å². The molecule has 0 bridgehead atoms. The van der Waals surface area contributed by atoms with Crippen LogP contribution in [-0.2, 0) is 4.79 Å². The highest BCUT2D eigenvalue weighted by molar-refractivity contribution is 5.66. The first-order valence-electron chi connectivity index (χ1n) is 6.44. The van der Waals surface area contributed by atoms with Crippen LogP contribution in [0.2, 0.25) is 0 Å². The molecule has 0 aromatic heterocycles. The first kappa shape index (κ1) is 13.8. The second kappa shape index (κ2) is 6.04. The van der Waals surface area contributed by atoms with E-state index in [9.17, 15) is 9.90 Å². The van der Waals surface area contributed by atoms with E-state index in [0.717, 1.165) is 16.9 Å². The summed E-state index contributed by atoms with van der Waals surface area (Å²) in [6.45, 7) is 2.93. The molecule has 5 nitrogen and oxygen atoms in total. The summed E-state index contributed by atoms with van der Waals surface area (Å²) in [5.41, 5.74) is 1.88. The Morgan fingerprint density at radius 3 is 3.05 bits per heavy atom. The summed E-state index contributed by atoms with van der Waals surface area (Å²) in [6, 6.07) is 5.54. The predicted octanol–water partition coefficient (Wildman–Crippen LogP) is 1.24. The van der Waals surface area contributed by atoms with Gasteiger partial charge in [-0.15, -0.1) is 0 Å². The smallest absolute Gasteiger partial charge is 0.303 e. The molecule has 104 valence electrons. The van der Waals surface area contributed by atoms with Gasteiger partial charge in [0.15, 0.2) is 0 Å². The zero-order chi connectivity index (χ0) is 13.8. The number of carboxylic acid groups (broad SMARTS) is 1. The summed E-state index contributed by atoms with van der Waals surface area (Å²) in [5, 5.41) is 22.0. The second-order valence-electron chi connectivity index (χ2n) is 4.86. The molecule has 3 N–H and O–H groups in total. The Bertz CT molecular complexity index is 461. The number of hydrogen-bond acceptors (Lipinski definition) is 4. The largest absolute Gasteiger partial charge is 0.491 e. The van der Waals surface area contributed by atoms with Crippen LogP contribution < -0.4 is 10.1 Å². The van der Waals surface area contributed by atoms with E-state index in [1.54, 1.807) is 0 Å². The molecule has 0 saturated carbocycles. The third-order valence-corrected chi connectivity index (χ3v) is 3.26. The first-order chi connectivity index (χ1) is 9.08. The minimum atomic E-state index is -0.803. The van der Waals surface area contributed by atoms with Crippen molar-refractivity contribution in [3.63, 3.8) is 0 Å². The molecule has 0 amide bonds. The number of aliphatic hydroxyl groups excluding tert-OH is 1. The third-order valence-electron chi connectivity index (χ3n) is 3.26. The number of benzene rings is 1. The van der Waals surface area contributed by atoms with Crippen LogP contribution in [0.15, 0.2) is 18.2 Å². The van der Waals surface area contributed by atoms with Crippen molar-refractivity contribution in [2.75, 3.05) is 13.2 Å². The molecule has 0 spiro atoms. The van der Waals surface area contributed by atoms with Crippen molar-refractivity contribution >= 4 is 5.97 Å². The van der Waals surface area contributed by atoms with Crippen LogP contribution in [0.1, 0.15) is 30.1 Å². The fraction of sp³-hybridized carbons (Fsp3) is 0.500. The lowest BCUT2D eigenvalue weighted by Crippen LogP contribution is -2.43. The fourth-order valence-electron chi connectivity index (χ4n) is 2.20. The summed E-state index contributed by atoms with van der Waals surface area (Å²) in [7, 11) is 0. The van der Waals surface area contributed by atoms with Crippen molar-refractivity contribution in [1.82, 2.24) is 5.32 Å². The lowest BCUT2D eigenvalue weighted by molar-refractivity contribution is -0.137. The molecule has 1 aliphatic heterocycles. The van der Waals surface area contributed by atoms with E-state index >= 15 is 0 Å². The molecule has 5 heteroatoms. The lowest BCUT2D eigenvalue weighted by atomic mass is 9.98. The SMILES string of the molecule is Cc1ccc2c(c1)OC[C@H](NCCCC(=O)O)[C@@H]2O. The van der Waals surface area contributed by atoms with Gasteiger partial charge in [-0.3, -0.25) is 4.79 Å². The highest BCUT2D eigenvalue weighted by Crippen LogP contribution is 2.32. The molecular formula is C14H19NO4. The number of fused-ring (bicyclic) bond motifs is 1. The maximum atomic E-state index is 10.4. The molecule has 0 unspecified atom stereocenters. The van der Waals surface area contributed by atoms with Crippen molar-refractivity contribution in [2.24, 2.45) is 0 Å². The molecule has 19 heavy (non-hydrogen) atoms. The van der Waals surface area contributed by atoms with Gasteiger partial charge in [0, 0.05) is 12.0 Å². The summed E-state index contributed by atoms with van der Waals surface area (Å²) in [4.78, 5) is 10.4. The van der Waals surface area contributed by atoms with Crippen molar-refractivity contribution in [3.05, 3.63) is 29.3 Å². The molecule has 0 aliphatic carbocycles. The topological polar surface area (TPSA) is 78.8 Å².